The van der Waals surface area contributed by atoms with Crippen LogP contribution in [0.4, 0.5) is 5.69 Å². The van der Waals surface area contributed by atoms with E-state index >= 15 is 0 Å². The molecule has 1 aromatic heterocycles. The Morgan fingerprint density at radius 1 is 1.16 bits per heavy atom. The second kappa shape index (κ2) is 6.71. The molecule has 0 bridgehead atoms. The Morgan fingerprint density at radius 2 is 1.96 bits per heavy atom. The number of rotatable bonds is 4. The molecule has 1 fully saturated rings. The normalized spacial score (nSPS) is 25.0. The molecule has 3 atom stereocenters. The average molecular weight is 353 g/mol. The number of benzene rings is 1. The average Bonchev–Trinajstić information content (AvgIpc) is 3.21. The monoisotopic (exact) mass is 352 g/mol. The Hall–Kier alpha value is -2.01. The van der Waals surface area contributed by atoms with E-state index in [1.54, 1.807) is 0 Å². The van der Waals surface area contributed by atoms with Gasteiger partial charge in [0.1, 0.15) is 6.04 Å². The van der Waals surface area contributed by atoms with Gasteiger partial charge in [0.05, 0.1) is 11.7 Å². The minimum atomic E-state index is 0.0725. The fourth-order valence-corrected chi connectivity index (χ4v) is 5.02. The second-order valence-electron chi connectivity index (χ2n) is 6.82. The van der Waals surface area contributed by atoms with Crippen molar-refractivity contribution in [3.63, 3.8) is 0 Å². The lowest BCUT2D eigenvalue weighted by atomic mass is 9.95. The Balaban J connectivity index is 1.75. The third-order valence-corrected chi connectivity index (χ3v) is 6.21. The van der Waals surface area contributed by atoms with Crippen LogP contribution in [-0.2, 0) is 0 Å². The van der Waals surface area contributed by atoms with Gasteiger partial charge in [0, 0.05) is 37.8 Å². The van der Waals surface area contributed by atoms with E-state index in [2.05, 4.69) is 72.2 Å². The maximum atomic E-state index is 5.07. The number of fused-ring (bicyclic) bond motifs is 1. The van der Waals surface area contributed by atoms with Gasteiger partial charge < -0.3 is 9.80 Å². The van der Waals surface area contributed by atoms with Gasteiger partial charge in [-0.1, -0.05) is 36.9 Å². The topological polar surface area (TPSA) is 31.7 Å². The van der Waals surface area contributed by atoms with Crippen molar-refractivity contribution in [2.75, 3.05) is 24.7 Å². The Kier molecular flexibility index (Phi) is 4.42. The van der Waals surface area contributed by atoms with Gasteiger partial charge in [0.15, 0.2) is 5.17 Å². The van der Waals surface area contributed by atoms with Crippen molar-refractivity contribution in [1.29, 1.82) is 0 Å². The van der Waals surface area contributed by atoms with Crippen molar-refractivity contribution in [2.24, 2.45) is 4.99 Å². The van der Waals surface area contributed by atoms with Gasteiger partial charge in [0.25, 0.3) is 0 Å². The van der Waals surface area contributed by atoms with Crippen LogP contribution in [0.3, 0.4) is 0 Å². The van der Waals surface area contributed by atoms with E-state index in [0.717, 1.165) is 17.9 Å². The predicted octanol–water partition coefficient (Wildman–Crippen LogP) is 4.13. The van der Waals surface area contributed by atoms with Gasteiger partial charge in [-0.05, 0) is 36.2 Å². The summed E-state index contributed by atoms with van der Waals surface area (Å²) >= 11 is 1.89. The number of hydrogen-bond donors (Lipinski definition) is 0. The number of nitrogens with zero attached hydrogens (tertiary/aromatic N) is 4. The van der Waals surface area contributed by atoms with Crippen LogP contribution in [-0.4, -0.2) is 40.9 Å². The van der Waals surface area contributed by atoms with Crippen molar-refractivity contribution in [1.82, 2.24) is 9.88 Å². The summed E-state index contributed by atoms with van der Waals surface area (Å²) in [6.07, 6.45) is 3.02. The predicted molar refractivity (Wildman–Crippen MR) is 106 cm³/mol. The van der Waals surface area contributed by atoms with E-state index < -0.39 is 0 Å². The SMILES string of the molecule is CC[C@H]1CSC2=N[C@@H](c3ccccn3)[C@@H](c3ccc(N(C)C)cc3)N21. The lowest BCUT2D eigenvalue weighted by molar-refractivity contribution is 0.255. The van der Waals surface area contributed by atoms with Crippen LogP contribution in [0.2, 0.25) is 0 Å². The van der Waals surface area contributed by atoms with E-state index in [0.29, 0.717) is 6.04 Å². The summed E-state index contributed by atoms with van der Waals surface area (Å²) in [6, 6.07) is 15.9. The van der Waals surface area contributed by atoms with Crippen LogP contribution >= 0.6 is 11.8 Å². The quantitative estimate of drug-likeness (QED) is 0.828. The highest BCUT2D eigenvalue weighted by Crippen LogP contribution is 2.48. The fourth-order valence-electron chi connectivity index (χ4n) is 3.68. The Morgan fingerprint density at radius 3 is 2.60 bits per heavy atom. The van der Waals surface area contributed by atoms with E-state index in [9.17, 15) is 0 Å². The lowest BCUT2D eigenvalue weighted by Gasteiger charge is -2.32. The third-order valence-electron chi connectivity index (χ3n) is 5.08. The van der Waals surface area contributed by atoms with Gasteiger partial charge >= 0.3 is 0 Å². The summed E-state index contributed by atoms with van der Waals surface area (Å²) in [4.78, 5) is 14.3. The van der Waals surface area contributed by atoms with E-state index in [4.69, 9.17) is 4.99 Å². The van der Waals surface area contributed by atoms with E-state index in [-0.39, 0.29) is 12.1 Å². The van der Waals surface area contributed by atoms with Crippen molar-refractivity contribution in [2.45, 2.75) is 31.5 Å². The first kappa shape index (κ1) is 16.5. The number of hydrogen-bond acceptors (Lipinski definition) is 5. The summed E-state index contributed by atoms with van der Waals surface area (Å²) in [5, 5.41) is 1.18. The van der Waals surface area contributed by atoms with Crippen molar-refractivity contribution in [3.05, 3.63) is 59.9 Å². The molecule has 0 N–H and O–H groups in total. The molecule has 0 amide bonds. The zero-order chi connectivity index (χ0) is 17.4. The molecule has 4 nitrogen and oxygen atoms in total. The maximum absolute atomic E-state index is 5.07. The highest BCUT2D eigenvalue weighted by Gasteiger charge is 2.45. The fraction of sp³-hybridized carbons (Fsp3) is 0.400. The molecule has 4 rings (SSSR count). The molecule has 0 radical (unpaired) electrons. The van der Waals surface area contributed by atoms with E-state index in [1.165, 1.54) is 16.4 Å². The molecule has 2 aromatic rings. The molecule has 1 saturated heterocycles. The Bertz CT molecular complexity index is 757. The summed E-state index contributed by atoms with van der Waals surface area (Å²) < 4.78 is 0. The van der Waals surface area contributed by atoms with Crippen LogP contribution in [0.25, 0.3) is 0 Å². The largest absolute Gasteiger partial charge is 0.378 e. The first-order valence-electron chi connectivity index (χ1n) is 8.86. The number of pyridine rings is 1. The summed E-state index contributed by atoms with van der Waals surface area (Å²) in [7, 11) is 4.15. The Labute approximate surface area is 154 Å². The first-order valence-corrected chi connectivity index (χ1v) is 9.84. The molecule has 3 heterocycles. The maximum Gasteiger partial charge on any atom is 0.160 e. The molecule has 2 aliphatic heterocycles. The zero-order valence-corrected chi connectivity index (χ0v) is 15.8. The summed E-state index contributed by atoms with van der Waals surface area (Å²) in [6.45, 7) is 2.27. The summed E-state index contributed by atoms with van der Waals surface area (Å²) in [5.41, 5.74) is 3.60. The number of aliphatic imine (C=N–C) groups is 1. The van der Waals surface area contributed by atoms with Crippen LogP contribution in [0.5, 0.6) is 0 Å². The number of aromatic nitrogens is 1. The smallest absolute Gasteiger partial charge is 0.160 e. The molecule has 0 spiro atoms. The highest BCUT2D eigenvalue weighted by atomic mass is 32.2. The molecular formula is C20H24N4S. The van der Waals surface area contributed by atoms with Crippen LogP contribution in [0.15, 0.2) is 53.7 Å². The van der Waals surface area contributed by atoms with Gasteiger partial charge in [-0.3, -0.25) is 9.98 Å². The van der Waals surface area contributed by atoms with Gasteiger partial charge in [0.2, 0.25) is 0 Å². The van der Waals surface area contributed by atoms with Crippen molar-refractivity contribution in [3.8, 4) is 0 Å². The number of anilines is 1. The third kappa shape index (κ3) is 2.91. The standard InChI is InChI=1S/C20H24N4S/c1-4-15-13-25-20-22-18(17-7-5-6-12-21-17)19(24(15)20)14-8-10-16(11-9-14)23(2)3/h5-12,15,18-19H,4,13H2,1-3H3/t15-,18-,19+/m0/s1. The lowest BCUT2D eigenvalue weighted by Crippen LogP contribution is -2.35. The summed E-state index contributed by atoms with van der Waals surface area (Å²) in [5.74, 6) is 1.14. The van der Waals surface area contributed by atoms with Crippen LogP contribution < -0.4 is 4.90 Å². The number of thioether (sulfide) groups is 1. The minimum absolute atomic E-state index is 0.0725. The minimum Gasteiger partial charge on any atom is -0.378 e. The van der Waals surface area contributed by atoms with Crippen molar-refractivity contribution < 1.29 is 0 Å². The van der Waals surface area contributed by atoms with E-state index in [1.807, 2.05) is 24.0 Å². The molecule has 5 heteroatoms. The van der Waals surface area contributed by atoms with Gasteiger partial charge in [-0.2, -0.15) is 0 Å². The number of amidine groups is 1. The van der Waals surface area contributed by atoms with Gasteiger partial charge in [-0.15, -0.1) is 0 Å². The molecule has 0 saturated carbocycles. The second-order valence-corrected chi connectivity index (χ2v) is 7.81. The van der Waals surface area contributed by atoms with Gasteiger partial charge in [-0.25, -0.2) is 0 Å². The zero-order valence-electron chi connectivity index (χ0n) is 15.0. The molecule has 2 aliphatic rings. The molecule has 0 aliphatic carbocycles. The van der Waals surface area contributed by atoms with Crippen molar-refractivity contribution >= 4 is 22.6 Å². The highest BCUT2D eigenvalue weighted by molar-refractivity contribution is 8.14. The van der Waals surface area contributed by atoms with Crippen LogP contribution in [0, 0.1) is 0 Å². The molecule has 130 valence electrons. The molecule has 0 unspecified atom stereocenters. The molecule has 1 aromatic carbocycles. The van der Waals surface area contributed by atoms with Crippen LogP contribution in [0.1, 0.15) is 36.7 Å². The molecule has 25 heavy (non-hydrogen) atoms. The molecular weight excluding hydrogens is 328 g/mol. The first-order chi connectivity index (χ1) is 12.2.